The van der Waals surface area contributed by atoms with E-state index in [0.29, 0.717) is 17.2 Å². The van der Waals surface area contributed by atoms with Crippen molar-refractivity contribution in [2.75, 3.05) is 24.2 Å². The minimum Gasteiger partial charge on any atom is -0.496 e. The monoisotopic (exact) mass is 446 g/mol. The maximum absolute atomic E-state index is 13.0. The van der Waals surface area contributed by atoms with Crippen LogP contribution in [0.25, 0.3) is 0 Å². The van der Waals surface area contributed by atoms with E-state index < -0.39 is 22.0 Å². The number of sulfonamides is 1. The highest BCUT2D eigenvalue weighted by Gasteiger charge is 2.36. The van der Waals surface area contributed by atoms with Crippen molar-refractivity contribution in [1.82, 2.24) is 5.32 Å². The Morgan fingerprint density at radius 1 is 1.23 bits per heavy atom. The maximum Gasteiger partial charge on any atom is 0.263 e. The van der Waals surface area contributed by atoms with Gasteiger partial charge in [-0.1, -0.05) is 45.0 Å². The number of carbonyl (C=O) groups is 1. The number of nitrogens with zero attached hydrogens (tertiary/aromatic N) is 1. The first-order valence-electron chi connectivity index (χ1n) is 10.1. The molecule has 0 bridgehead atoms. The smallest absolute Gasteiger partial charge is 0.263 e. The van der Waals surface area contributed by atoms with Gasteiger partial charge in [0.25, 0.3) is 5.91 Å². The lowest BCUT2D eigenvalue weighted by atomic mass is 9.86. The average Bonchev–Trinajstić information content (AvgIpc) is 2.70. The van der Waals surface area contributed by atoms with Crippen molar-refractivity contribution < 1.29 is 22.7 Å². The van der Waals surface area contributed by atoms with Crippen LogP contribution in [-0.4, -0.2) is 40.3 Å². The molecule has 0 saturated carbocycles. The van der Waals surface area contributed by atoms with E-state index in [-0.39, 0.29) is 18.0 Å². The quantitative estimate of drug-likeness (QED) is 0.761. The molecule has 0 unspecified atom stereocenters. The fraction of sp³-hybridized carbons (Fsp3) is 0.435. The van der Waals surface area contributed by atoms with Gasteiger partial charge in [-0.15, -0.1) is 0 Å². The van der Waals surface area contributed by atoms with E-state index in [0.717, 1.165) is 17.4 Å². The van der Waals surface area contributed by atoms with Gasteiger partial charge in [0.1, 0.15) is 11.5 Å². The highest BCUT2D eigenvalue weighted by Crippen LogP contribution is 2.38. The molecule has 0 saturated heterocycles. The summed E-state index contributed by atoms with van der Waals surface area (Å²) >= 11 is 0. The lowest BCUT2D eigenvalue weighted by Gasteiger charge is -2.35. The summed E-state index contributed by atoms with van der Waals surface area (Å²) in [5, 5.41) is 2.91. The van der Waals surface area contributed by atoms with E-state index in [1.807, 2.05) is 43.3 Å². The lowest BCUT2D eigenvalue weighted by molar-refractivity contribution is -0.128. The zero-order valence-corrected chi connectivity index (χ0v) is 19.6. The highest BCUT2D eigenvalue weighted by atomic mass is 32.2. The van der Waals surface area contributed by atoms with E-state index in [2.05, 4.69) is 26.1 Å². The Bertz CT molecular complexity index is 1080. The third-order valence-electron chi connectivity index (χ3n) is 5.35. The molecule has 31 heavy (non-hydrogen) atoms. The molecule has 1 aliphatic rings. The Labute approximate surface area is 184 Å². The number of nitrogens with one attached hydrogen (secondary N) is 1. The average molecular weight is 447 g/mol. The zero-order valence-electron chi connectivity index (χ0n) is 18.8. The van der Waals surface area contributed by atoms with Crippen molar-refractivity contribution in [3.63, 3.8) is 0 Å². The van der Waals surface area contributed by atoms with E-state index in [1.54, 1.807) is 13.2 Å². The largest absolute Gasteiger partial charge is 0.496 e. The second-order valence-electron chi connectivity index (χ2n) is 8.81. The molecular formula is C23H30N2O5S. The number of hydrogen-bond acceptors (Lipinski definition) is 5. The van der Waals surface area contributed by atoms with Crippen LogP contribution in [-0.2, 0) is 20.2 Å². The van der Waals surface area contributed by atoms with Crippen LogP contribution in [0.4, 0.5) is 5.69 Å². The Hall–Kier alpha value is -2.74. The molecule has 1 amide bonds. The van der Waals surface area contributed by atoms with Crippen LogP contribution in [0.1, 0.15) is 44.9 Å². The summed E-state index contributed by atoms with van der Waals surface area (Å²) < 4.78 is 37.6. The number of methoxy groups -OCH3 is 1. The molecule has 1 N–H and O–H groups in total. The minimum atomic E-state index is -3.61. The summed E-state index contributed by atoms with van der Waals surface area (Å²) in [6.07, 6.45) is 0.165. The third kappa shape index (κ3) is 4.95. The van der Waals surface area contributed by atoms with Crippen LogP contribution in [0.3, 0.4) is 0 Å². The molecule has 3 rings (SSSR count). The normalized spacial score (nSPS) is 17.4. The number of rotatable bonds is 5. The van der Waals surface area contributed by atoms with Gasteiger partial charge in [-0.2, -0.15) is 0 Å². The predicted octanol–water partition coefficient (Wildman–Crippen LogP) is 3.40. The van der Waals surface area contributed by atoms with E-state index >= 15 is 0 Å². The van der Waals surface area contributed by atoms with Gasteiger partial charge in [0.15, 0.2) is 6.10 Å². The highest BCUT2D eigenvalue weighted by molar-refractivity contribution is 7.92. The van der Waals surface area contributed by atoms with Gasteiger partial charge >= 0.3 is 0 Å². The fourth-order valence-electron chi connectivity index (χ4n) is 3.58. The summed E-state index contributed by atoms with van der Waals surface area (Å²) in [6.45, 7) is 7.91. The molecule has 0 radical (unpaired) electrons. The number of benzene rings is 2. The molecule has 168 valence electrons. The fourth-order valence-corrected chi connectivity index (χ4v) is 4.48. The van der Waals surface area contributed by atoms with Gasteiger partial charge in [-0.25, -0.2) is 8.42 Å². The lowest BCUT2D eigenvalue weighted by Crippen LogP contribution is -2.50. The Morgan fingerprint density at radius 2 is 1.90 bits per heavy atom. The van der Waals surface area contributed by atoms with Gasteiger partial charge < -0.3 is 14.8 Å². The molecule has 2 atom stereocenters. The van der Waals surface area contributed by atoms with Crippen LogP contribution in [0, 0.1) is 0 Å². The number of hydrogen-bond donors (Lipinski definition) is 1. The molecule has 0 aromatic heterocycles. The van der Waals surface area contributed by atoms with Crippen LogP contribution in [0.2, 0.25) is 0 Å². The number of carbonyl (C=O) groups excluding carboxylic acids is 1. The molecule has 1 aliphatic heterocycles. The molecule has 8 heteroatoms. The van der Waals surface area contributed by atoms with Crippen molar-refractivity contribution in [2.24, 2.45) is 0 Å². The molecule has 2 aromatic carbocycles. The zero-order chi connectivity index (χ0) is 23.0. The van der Waals surface area contributed by atoms with Crippen molar-refractivity contribution in [3.05, 3.63) is 53.6 Å². The molecule has 2 aromatic rings. The first kappa shape index (κ1) is 22.9. The van der Waals surface area contributed by atoms with Crippen LogP contribution < -0.4 is 19.1 Å². The van der Waals surface area contributed by atoms with Crippen LogP contribution >= 0.6 is 0 Å². The predicted molar refractivity (Wildman–Crippen MR) is 121 cm³/mol. The topological polar surface area (TPSA) is 84.9 Å². The Kier molecular flexibility index (Phi) is 6.23. The van der Waals surface area contributed by atoms with E-state index in [1.165, 1.54) is 4.31 Å². The first-order valence-corrected chi connectivity index (χ1v) is 12.0. The van der Waals surface area contributed by atoms with E-state index in [4.69, 9.17) is 9.47 Å². The van der Waals surface area contributed by atoms with Gasteiger partial charge in [0.2, 0.25) is 10.0 Å². The summed E-state index contributed by atoms with van der Waals surface area (Å²) in [7, 11) is -2.03. The van der Waals surface area contributed by atoms with Crippen molar-refractivity contribution in [1.29, 1.82) is 0 Å². The van der Waals surface area contributed by atoms with Gasteiger partial charge in [0, 0.05) is 5.56 Å². The summed E-state index contributed by atoms with van der Waals surface area (Å²) in [4.78, 5) is 13.0. The van der Waals surface area contributed by atoms with E-state index in [9.17, 15) is 13.2 Å². The van der Waals surface area contributed by atoms with Gasteiger partial charge in [0.05, 0.1) is 31.6 Å². The van der Waals surface area contributed by atoms with Gasteiger partial charge in [-0.05, 0) is 36.1 Å². The Morgan fingerprint density at radius 3 is 2.52 bits per heavy atom. The molecule has 0 aliphatic carbocycles. The molecule has 7 nitrogen and oxygen atoms in total. The minimum absolute atomic E-state index is 0.0933. The summed E-state index contributed by atoms with van der Waals surface area (Å²) in [5.41, 5.74) is 2.11. The number of ether oxygens (including phenoxy) is 2. The molecular weight excluding hydrogens is 416 g/mol. The molecule has 1 heterocycles. The number of amides is 1. The number of para-hydroxylation sites is 1. The van der Waals surface area contributed by atoms with Crippen molar-refractivity contribution >= 4 is 21.6 Å². The summed E-state index contributed by atoms with van der Waals surface area (Å²) in [5.74, 6) is 0.644. The molecule has 0 fully saturated rings. The Balaban J connectivity index is 1.88. The number of anilines is 1. The second kappa shape index (κ2) is 8.42. The maximum atomic E-state index is 13.0. The van der Waals surface area contributed by atoms with Crippen LogP contribution in [0.15, 0.2) is 42.5 Å². The molecule has 0 spiro atoms. The third-order valence-corrected chi connectivity index (χ3v) is 6.50. The number of fused-ring (bicyclic) bond motifs is 1. The van der Waals surface area contributed by atoms with Crippen molar-refractivity contribution in [3.8, 4) is 11.5 Å². The SMILES string of the molecule is COc1ccccc1[C@H](C)NC(=O)[C@H]1CN(S(C)(=O)=O)c2cc(C(C)(C)C)ccc2O1. The second-order valence-corrected chi connectivity index (χ2v) is 10.7. The summed E-state index contributed by atoms with van der Waals surface area (Å²) in [6, 6.07) is 12.5. The van der Waals surface area contributed by atoms with Crippen molar-refractivity contribution in [2.45, 2.75) is 45.3 Å². The van der Waals surface area contributed by atoms with Gasteiger partial charge in [-0.3, -0.25) is 9.10 Å². The standard InChI is InChI=1S/C23H30N2O5S/c1-15(17-9-7-8-10-19(17)29-5)24-22(26)21-14-25(31(6,27)28)18-13-16(23(2,3)4)11-12-20(18)30-21/h7-13,15,21H,14H2,1-6H3,(H,24,26)/t15-,21+/m0/s1. The van der Waals surface area contributed by atoms with Crippen LogP contribution in [0.5, 0.6) is 11.5 Å². The first-order chi connectivity index (χ1) is 14.4.